The minimum absolute atomic E-state index is 0.0736. The van der Waals surface area contributed by atoms with Crippen LogP contribution in [0.25, 0.3) is 16.7 Å². The maximum Gasteiger partial charge on any atom is 0.230 e. The molecule has 3 aromatic heterocycles. The van der Waals surface area contributed by atoms with Gasteiger partial charge in [0.05, 0.1) is 31.5 Å². The summed E-state index contributed by atoms with van der Waals surface area (Å²) in [4.78, 5) is 16.6. The number of halogens is 2. The van der Waals surface area contributed by atoms with Crippen LogP contribution in [0.15, 0.2) is 18.3 Å². The van der Waals surface area contributed by atoms with Crippen molar-refractivity contribution in [1.29, 1.82) is 0 Å². The minimum atomic E-state index is -1.31. The Morgan fingerprint density at radius 2 is 1.85 bits per heavy atom. The number of hydrogen-bond donors (Lipinski definition) is 1. The molecule has 4 heterocycles. The first-order valence-corrected chi connectivity index (χ1v) is 18.2. The fraction of sp³-hybridized carbons (Fsp3) is 0.571. The number of anilines is 2. The molecule has 1 saturated heterocycles. The number of fused-ring (bicyclic) bond motifs is 2. The van der Waals surface area contributed by atoms with Crippen LogP contribution in [-0.4, -0.2) is 70.1 Å². The van der Waals surface area contributed by atoms with Gasteiger partial charge in [0.15, 0.2) is 17.3 Å². The van der Waals surface area contributed by atoms with Gasteiger partial charge in [-0.15, -0.1) is 0 Å². The fourth-order valence-corrected chi connectivity index (χ4v) is 6.36. The smallest absolute Gasteiger partial charge is 0.230 e. The van der Waals surface area contributed by atoms with E-state index < -0.39 is 19.7 Å². The predicted octanol–water partition coefficient (Wildman–Crippen LogP) is 5.17. The molecular weight excluding hydrogens is 546 g/mol. The molecule has 1 aromatic carbocycles. The SMILES string of the molecule is C[Si](C)(C)CCOCn1c(CNc2nc(N3CCOCC3)nc3c(C4CCCC4)cnn23)nc2ccc(F)c(F)c21. The van der Waals surface area contributed by atoms with E-state index in [1.807, 2.05) is 6.20 Å². The van der Waals surface area contributed by atoms with Gasteiger partial charge < -0.3 is 19.7 Å². The first-order valence-electron chi connectivity index (χ1n) is 14.5. The molecule has 1 aliphatic carbocycles. The van der Waals surface area contributed by atoms with Gasteiger partial charge in [0.25, 0.3) is 0 Å². The molecule has 6 rings (SSSR count). The predicted molar refractivity (Wildman–Crippen MR) is 156 cm³/mol. The van der Waals surface area contributed by atoms with Crippen molar-refractivity contribution in [3.05, 3.63) is 41.4 Å². The van der Waals surface area contributed by atoms with Crippen molar-refractivity contribution in [2.45, 2.75) is 70.6 Å². The van der Waals surface area contributed by atoms with Crippen molar-refractivity contribution in [3.8, 4) is 0 Å². The second kappa shape index (κ2) is 11.6. The first-order chi connectivity index (χ1) is 19.8. The Balaban J connectivity index is 1.33. The summed E-state index contributed by atoms with van der Waals surface area (Å²) in [7, 11) is -1.31. The highest BCUT2D eigenvalue weighted by Crippen LogP contribution is 2.36. The average molecular weight is 585 g/mol. The molecule has 41 heavy (non-hydrogen) atoms. The molecule has 0 radical (unpaired) electrons. The van der Waals surface area contributed by atoms with Crippen LogP contribution in [-0.2, 0) is 22.7 Å². The van der Waals surface area contributed by atoms with E-state index in [2.05, 4.69) is 39.9 Å². The molecule has 10 nitrogen and oxygen atoms in total. The van der Waals surface area contributed by atoms with Crippen LogP contribution in [0.3, 0.4) is 0 Å². The number of morpholine rings is 1. The number of ether oxygens (including phenoxy) is 2. The van der Waals surface area contributed by atoms with Gasteiger partial charge in [-0.3, -0.25) is 4.57 Å². The van der Waals surface area contributed by atoms with Crippen molar-refractivity contribution in [2.75, 3.05) is 43.1 Å². The third-order valence-electron chi connectivity index (χ3n) is 7.97. The molecule has 0 unspecified atom stereocenters. The maximum absolute atomic E-state index is 15.0. The summed E-state index contributed by atoms with van der Waals surface area (Å²) < 4.78 is 44.1. The summed E-state index contributed by atoms with van der Waals surface area (Å²) in [6.07, 6.45) is 6.59. The molecule has 4 aromatic rings. The standard InChI is InChI=1S/C28H38F2N8O2Si/c1-41(2,3)15-14-40-18-37-23(33-22-9-8-21(29)24(30)25(22)37)17-31-27-35-28(36-10-12-39-13-11-36)34-26-20(16-32-38(26)27)19-6-4-5-7-19/h8-9,16,19H,4-7,10-15,17-18H2,1-3H3,(H,31,34,35). The second-order valence-electron chi connectivity index (χ2n) is 12.2. The van der Waals surface area contributed by atoms with Crippen molar-refractivity contribution >= 4 is 36.7 Å². The summed E-state index contributed by atoms with van der Waals surface area (Å²) in [6.45, 7) is 10.3. The molecule has 2 aliphatic rings. The van der Waals surface area contributed by atoms with Gasteiger partial charge >= 0.3 is 0 Å². The van der Waals surface area contributed by atoms with Gasteiger partial charge in [0, 0.05) is 33.3 Å². The quantitative estimate of drug-likeness (QED) is 0.202. The molecule has 0 spiro atoms. The Morgan fingerprint density at radius 3 is 2.61 bits per heavy atom. The normalized spacial score (nSPS) is 16.9. The van der Waals surface area contributed by atoms with Crippen molar-refractivity contribution < 1.29 is 18.3 Å². The third-order valence-corrected chi connectivity index (χ3v) is 9.68. The van der Waals surface area contributed by atoms with Gasteiger partial charge in [-0.05, 0) is 36.9 Å². The van der Waals surface area contributed by atoms with Gasteiger partial charge in [0.2, 0.25) is 11.9 Å². The molecule has 0 bridgehead atoms. The summed E-state index contributed by atoms with van der Waals surface area (Å²) in [5.74, 6) is 0.250. The zero-order valence-corrected chi connectivity index (χ0v) is 25.0. The number of aromatic nitrogens is 6. The second-order valence-corrected chi connectivity index (χ2v) is 17.8. The molecule has 2 fully saturated rings. The van der Waals surface area contributed by atoms with E-state index in [1.54, 1.807) is 9.08 Å². The molecule has 13 heteroatoms. The third kappa shape index (κ3) is 5.93. The van der Waals surface area contributed by atoms with E-state index in [0.29, 0.717) is 62.1 Å². The van der Waals surface area contributed by atoms with E-state index in [4.69, 9.17) is 19.4 Å². The summed E-state index contributed by atoms with van der Waals surface area (Å²) in [6, 6.07) is 3.57. The lowest BCUT2D eigenvalue weighted by Crippen LogP contribution is -2.37. The lowest BCUT2D eigenvalue weighted by molar-refractivity contribution is 0.0876. The zero-order chi connectivity index (χ0) is 28.6. The molecule has 1 saturated carbocycles. The van der Waals surface area contributed by atoms with Gasteiger partial charge in [0.1, 0.15) is 18.1 Å². The van der Waals surface area contributed by atoms with E-state index in [9.17, 15) is 8.78 Å². The van der Waals surface area contributed by atoms with Gasteiger partial charge in [-0.25, -0.2) is 13.8 Å². The van der Waals surface area contributed by atoms with Crippen LogP contribution >= 0.6 is 0 Å². The average Bonchev–Trinajstić information content (AvgIpc) is 3.70. The highest BCUT2D eigenvalue weighted by Gasteiger charge is 2.25. The van der Waals surface area contributed by atoms with Crippen LogP contribution in [0.4, 0.5) is 20.7 Å². The Bertz CT molecular complexity index is 1520. The molecular formula is C28H38F2N8O2Si. The first kappa shape index (κ1) is 28.0. The number of nitrogens with one attached hydrogen (secondary N) is 1. The number of rotatable bonds is 10. The number of nitrogens with zero attached hydrogens (tertiary/aromatic N) is 7. The Labute approximate surface area is 239 Å². The lowest BCUT2D eigenvalue weighted by Gasteiger charge is -2.27. The Morgan fingerprint density at radius 1 is 1.07 bits per heavy atom. The van der Waals surface area contributed by atoms with Crippen molar-refractivity contribution in [3.63, 3.8) is 0 Å². The highest BCUT2D eigenvalue weighted by atomic mass is 28.3. The molecule has 1 N–H and O–H groups in total. The van der Waals surface area contributed by atoms with Crippen molar-refractivity contribution in [1.82, 2.24) is 29.1 Å². The maximum atomic E-state index is 15.0. The zero-order valence-electron chi connectivity index (χ0n) is 24.0. The topological polar surface area (TPSA) is 94.6 Å². The monoisotopic (exact) mass is 584 g/mol. The molecule has 0 amide bonds. The van der Waals surface area contributed by atoms with Crippen LogP contribution < -0.4 is 10.2 Å². The van der Waals surface area contributed by atoms with Crippen LogP contribution in [0.2, 0.25) is 25.7 Å². The van der Waals surface area contributed by atoms with Crippen LogP contribution in [0.1, 0.15) is 43.0 Å². The Hall–Kier alpha value is -3.16. The fourth-order valence-electron chi connectivity index (χ4n) is 5.60. The van der Waals surface area contributed by atoms with E-state index in [0.717, 1.165) is 36.2 Å². The van der Waals surface area contributed by atoms with Crippen molar-refractivity contribution in [2.24, 2.45) is 0 Å². The van der Waals surface area contributed by atoms with Gasteiger partial charge in [-0.1, -0.05) is 32.5 Å². The summed E-state index contributed by atoms with van der Waals surface area (Å²) >= 11 is 0. The van der Waals surface area contributed by atoms with Gasteiger partial charge in [-0.2, -0.15) is 19.6 Å². The molecule has 1 aliphatic heterocycles. The molecule has 220 valence electrons. The van der Waals surface area contributed by atoms with Crippen LogP contribution in [0, 0.1) is 11.6 Å². The molecule has 0 atom stereocenters. The summed E-state index contributed by atoms with van der Waals surface area (Å²) in [5, 5.41) is 8.05. The van der Waals surface area contributed by atoms with E-state index in [1.165, 1.54) is 18.9 Å². The lowest BCUT2D eigenvalue weighted by atomic mass is 10.0. The highest BCUT2D eigenvalue weighted by molar-refractivity contribution is 6.76. The largest absolute Gasteiger partial charge is 0.378 e. The van der Waals surface area contributed by atoms with E-state index >= 15 is 0 Å². The number of benzene rings is 1. The van der Waals surface area contributed by atoms with E-state index in [-0.39, 0.29) is 18.8 Å². The number of hydrogen-bond acceptors (Lipinski definition) is 8. The van der Waals surface area contributed by atoms with Crippen LogP contribution in [0.5, 0.6) is 0 Å². The summed E-state index contributed by atoms with van der Waals surface area (Å²) in [5.41, 5.74) is 2.41. The Kier molecular flexibility index (Phi) is 7.92. The minimum Gasteiger partial charge on any atom is -0.378 e. The number of imidazole rings is 1.